The molecule has 0 aliphatic carbocycles. The number of aromatic nitrogens is 3. The average molecular weight is 417 g/mol. The zero-order chi connectivity index (χ0) is 22.0. The van der Waals surface area contributed by atoms with Crippen LogP contribution in [0.5, 0.6) is 0 Å². The highest BCUT2D eigenvalue weighted by Gasteiger charge is 2.29. The molecule has 1 aliphatic heterocycles. The van der Waals surface area contributed by atoms with Crippen molar-refractivity contribution in [3.05, 3.63) is 47.4 Å². The molecule has 0 atom stereocenters. The number of hydrogen-bond donors (Lipinski definition) is 1. The first-order valence-electron chi connectivity index (χ1n) is 10.7. The predicted octanol–water partition coefficient (Wildman–Crippen LogP) is 4.18. The molecule has 0 spiro atoms. The number of carbonyl (C=O) groups is 1. The van der Waals surface area contributed by atoms with Gasteiger partial charge in [-0.05, 0) is 50.5 Å². The number of aryl methyl sites for hydroxylation is 2. The molecule has 0 radical (unpaired) electrons. The maximum Gasteiger partial charge on any atom is 0.327 e. The number of anilines is 3. The van der Waals surface area contributed by atoms with Gasteiger partial charge < -0.3 is 10.2 Å². The molecule has 2 amide bonds. The second kappa shape index (κ2) is 8.68. The second-order valence-electron chi connectivity index (χ2n) is 7.88. The molecule has 4 heterocycles. The van der Waals surface area contributed by atoms with Gasteiger partial charge in [0.15, 0.2) is 0 Å². The number of rotatable bonds is 6. The van der Waals surface area contributed by atoms with E-state index >= 15 is 0 Å². The lowest BCUT2D eigenvalue weighted by Crippen LogP contribution is -2.34. The fraction of sp³-hybridized carbons (Fsp3) is 0.375. The monoisotopic (exact) mass is 416 g/mol. The molecule has 0 fully saturated rings. The first-order chi connectivity index (χ1) is 15.0. The summed E-state index contributed by atoms with van der Waals surface area (Å²) in [6, 6.07) is 5.77. The quantitative estimate of drug-likeness (QED) is 0.612. The lowest BCUT2D eigenvalue weighted by atomic mass is 10.1. The average Bonchev–Trinajstić information content (AvgIpc) is 3.36. The molecule has 7 nitrogen and oxygen atoms in total. The maximum atomic E-state index is 13.2. The van der Waals surface area contributed by atoms with Crippen LogP contribution in [0.4, 0.5) is 22.0 Å². The molecule has 3 aromatic heterocycles. The Morgan fingerprint density at radius 3 is 2.94 bits per heavy atom. The number of fused-ring (bicyclic) bond motifs is 2. The number of pyridine rings is 2. The van der Waals surface area contributed by atoms with Crippen molar-refractivity contribution in [3.8, 4) is 12.3 Å². The van der Waals surface area contributed by atoms with Crippen molar-refractivity contribution < 1.29 is 4.79 Å². The maximum absolute atomic E-state index is 13.2. The van der Waals surface area contributed by atoms with Crippen LogP contribution in [0, 0.1) is 26.2 Å². The van der Waals surface area contributed by atoms with E-state index in [1.54, 1.807) is 11.1 Å². The number of nitrogens with one attached hydrogen (secondary N) is 1. The van der Waals surface area contributed by atoms with Gasteiger partial charge in [-0.3, -0.25) is 4.90 Å². The highest BCUT2D eigenvalue weighted by molar-refractivity contribution is 6.03. The Labute approximate surface area is 183 Å². The van der Waals surface area contributed by atoms with Crippen LogP contribution in [0.15, 0.2) is 30.6 Å². The molecule has 31 heavy (non-hydrogen) atoms. The molecule has 1 N–H and O–H groups in total. The van der Waals surface area contributed by atoms with Gasteiger partial charge in [-0.15, -0.1) is 12.3 Å². The number of nitrogens with zero attached hydrogens (tertiary/aromatic N) is 5. The van der Waals surface area contributed by atoms with Crippen molar-refractivity contribution >= 4 is 28.7 Å². The molecule has 3 aromatic rings. The van der Waals surface area contributed by atoms with Crippen molar-refractivity contribution in [1.29, 1.82) is 0 Å². The first-order valence-corrected chi connectivity index (χ1v) is 10.7. The Morgan fingerprint density at radius 1 is 1.32 bits per heavy atom. The van der Waals surface area contributed by atoms with Crippen LogP contribution in [-0.4, -0.2) is 40.3 Å². The van der Waals surface area contributed by atoms with E-state index in [-0.39, 0.29) is 6.03 Å². The zero-order valence-corrected chi connectivity index (χ0v) is 18.4. The van der Waals surface area contributed by atoms with Gasteiger partial charge in [0.25, 0.3) is 0 Å². The van der Waals surface area contributed by atoms with Crippen molar-refractivity contribution in [2.45, 2.75) is 40.0 Å². The van der Waals surface area contributed by atoms with Crippen molar-refractivity contribution in [3.63, 3.8) is 0 Å². The van der Waals surface area contributed by atoms with Crippen LogP contribution >= 0.6 is 0 Å². The van der Waals surface area contributed by atoms with E-state index in [0.29, 0.717) is 13.0 Å². The summed E-state index contributed by atoms with van der Waals surface area (Å²) < 4.78 is 1.83. The van der Waals surface area contributed by atoms with Gasteiger partial charge in [0.2, 0.25) is 0 Å². The third kappa shape index (κ3) is 3.93. The second-order valence-corrected chi connectivity index (χ2v) is 7.88. The minimum Gasteiger partial charge on any atom is -0.370 e. The van der Waals surface area contributed by atoms with Gasteiger partial charge in [0.05, 0.1) is 11.2 Å². The lowest BCUT2D eigenvalue weighted by molar-refractivity contribution is 0.257. The number of terminal acetylenes is 1. The topological polar surface area (TPSA) is 65.8 Å². The molecule has 0 saturated heterocycles. The molecule has 4 rings (SSSR count). The highest BCUT2D eigenvalue weighted by Crippen LogP contribution is 2.34. The lowest BCUT2D eigenvalue weighted by Gasteiger charge is -2.26. The van der Waals surface area contributed by atoms with Crippen LogP contribution in [0.3, 0.4) is 0 Å². The molecule has 160 valence electrons. The fourth-order valence-electron chi connectivity index (χ4n) is 4.23. The highest BCUT2D eigenvalue weighted by atomic mass is 16.2. The van der Waals surface area contributed by atoms with E-state index in [1.165, 1.54) is 0 Å². The summed E-state index contributed by atoms with van der Waals surface area (Å²) in [5, 5.41) is 7.50. The van der Waals surface area contributed by atoms with Gasteiger partial charge >= 0.3 is 6.03 Å². The molecule has 7 heteroatoms. The van der Waals surface area contributed by atoms with Crippen LogP contribution in [-0.2, 0) is 6.42 Å². The summed E-state index contributed by atoms with van der Waals surface area (Å²) in [6.45, 7) is 8.44. The summed E-state index contributed by atoms with van der Waals surface area (Å²) >= 11 is 0. The van der Waals surface area contributed by atoms with E-state index in [4.69, 9.17) is 6.42 Å². The predicted molar refractivity (Wildman–Crippen MR) is 125 cm³/mol. The normalized spacial score (nSPS) is 12.6. The first kappa shape index (κ1) is 20.7. The summed E-state index contributed by atoms with van der Waals surface area (Å²) in [5.74, 6) is 3.46. The van der Waals surface area contributed by atoms with Gasteiger partial charge in [-0.2, -0.15) is 5.10 Å². The van der Waals surface area contributed by atoms with Crippen molar-refractivity contribution in [1.82, 2.24) is 14.6 Å². The van der Waals surface area contributed by atoms with Gasteiger partial charge in [-0.1, -0.05) is 6.92 Å². The van der Waals surface area contributed by atoms with E-state index in [2.05, 4.69) is 33.1 Å². The van der Waals surface area contributed by atoms with Crippen LogP contribution in [0.25, 0.3) is 5.52 Å². The largest absolute Gasteiger partial charge is 0.370 e. The Morgan fingerprint density at radius 2 is 2.16 bits per heavy atom. The van der Waals surface area contributed by atoms with E-state index in [1.807, 2.05) is 42.8 Å². The summed E-state index contributed by atoms with van der Waals surface area (Å²) in [4.78, 5) is 21.7. The Bertz CT molecular complexity index is 1160. The zero-order valence-electron chi connectivity index (χ0n) is 18.4. The third-order valence-corrected chi connectivity index (χ3v) is 5.72. The molecule has 0 saturated carbocycles. The van der Waals surface area contributed by atoms with E-state index in [9.17, 15) is 4.79 Å². The third-order valence-electron chi connectivity index (χ3n) is 5.72. The van der Waals surface area contributed by atoms with Crippen LogP contribution in [0.2, 0.25) is 0 Å². The molecule has 0 aromatic carbocycles. The molecule has 1 aliphatic rings. The van der Waals surface area contributed by atoms with E-state index < -0.39 is 0 Å². The van der Waals surface area contributed by atoms with Gasteiger partial charge in [-0.25, -0.2) is 14.3 Å². The minimum absolute atomic E-state index is 0.169. The number of urea groups is 1. The molecular formula is C24H28N6O. The Kier molecular flexibility index (Phi) is 5.81. The summed E-state index contributed by atoms with van der Waals surface area (Å²) in [7, 11) is 0. The molecular weight excluding hydrogens is 388 g/mol. The number of amides is 2. The van der Waals surface area contributed by atoms with Crippen LogP contribution in [0.1, 0.15) is 36.6 Å². The summed E-state index contributed by atoms with van der Waals surface area (Å²) in [6.07, 6.45) is 11.6. The number of carbonyl (C=O) groups excluding carboxylic acids is 1. The van der Waals surface area contributed by atoms with Gasteiger partial charge in [0.1, 0.15) is 5.82 Å². The molecule has 0 unspecified atom stereocenters. The molecule has 0 bridgehead atoms. The SMILES string of the molecule is C#CCCN(CCC)c1ccnc2c1CCN2C(=O)Nc1ccn2nc(C)cc2c1C. The van der Waals surface area contributed by atoms with Crippen molar-refractivity contribution in [2.24, 2.45) is 0 Å². The number of hydrogen-bond acceptors (Lipinski definition) is 4. The van der Waals surface area contributed by atoms with Crippen LogP contribution < -0.4 is 15.1 Å². The Balaban J connectivity index is 1.59. The fourth-order valence-corrected chi connectivity index (χ4v) is 4.23. The van der Waals surface area contributed by atoms with Crippen molar-refractivity contribution in [2.75, 3.05) is 34.8 Å². The Hall–Kier alpha value is -3.53. The standard InChI is InChI=1S/C24H28N6O/c1-5-7-13-28(12-6-2)21-8-11-25-23-19(21)9-14-29(23)24(31)26-20-10-15-30-22(18(20)4)16-17(3)27-30/h1,8,10-11,15-16H,6-7,9,12-14H2,2-4H3,(H,26,31). The summed E-state index contributed by atoms with van der Waals surface area (Å²) in [5.41, 5.74) is 5.94. The smallest absolute Gasteiger partial charge is 0.327 e. The minimum atomic E-state index is -0.169. The van der Waals surface area contributed by atoms with E-state index in [0.717, 1.165) is 65.5 Å². The van der Waals surface area contributed by atoms with Gasteiger partial charge in [0, 0.05) is 55.4 Å².